The van der Waals surface area contributed by atoms with Crippen molar-refractivity contribution in [2.24, 2.45) is 21.8 Å². The van der Waals surface area contributed by atoms with Crippen molar-refractivity contribution in [3.63, 3.8) is 0 Å². The molecule has 0 spiro atoms. The average molecular weight is 234 g/mol. The van der Waals surface area contributed by atoms with E-state index in [-0.39, 0.29) is 11.8 Å². The standard InChI is InChI=1S/C12H14N2OS/c1-6-3-4-8-9(5-6)16-12-10(8)11(15)13-7(2)14-12/h6,10H,3-5H2,1-2H3. The maximum Gasteiger partial charge on any atom is 0.261 e. The van der Waals surface area contributed by atoms with Crippen molar-refractivity contribution in [2.45, 2.75) is 33.1 Å². The summed E-state index contributed by atoms with van der Waals surface area (Å²) in [6.45, 7) is 4.07. The van der Waals surface area contributed by atoms with Crippen LogP contribution in [0.3, 0.4) is 0 Å². The van der Waals surface area contributed by atoms with Crippen LogP contribution in [0.25, 0.3) is 0 Å². The Bertz CT molecular complexity index is 462. The van der Waals surface area contributed by atoms with Crippen LogP contribution < -0.4 is 0 Å². The molecule has 2 atom stereocenters. The summed E-state index contributed by atoms with van der Waals surface area (Å²) >= 11 is 1.72. The van der Waals surface area contributed by atoms with E-state index < -0.39 is 0 Å². The number of hydrogen-bond acceptors (Lipinski definition) is 3. The molecule has 3 nitrogen and oxygen atoms in total. The Labute approximate surface area is 99.1 Å². The molecule has 1 amide bonds. The molecular formula is C12H14N2OS. The second-order valence-electron chi connectivity index (χ2n) is 4.78. The average Bonchev–Trinajstić information content (AvgIpc) is 2.54. The van der Waals surface area contributed by atoms with E-state index in [4.69, 9.17) is 0 Å². The molecule has 0 aromatic rings. The van der Waals surface area contributed by atoms with Crippen molar-refractivity contribution in [1.29, 1.82) is 0 Å². The predicted octanol–water partition coefficient (Wildman–Crippen LogP) is 2.78. The largest absolute Gasteiger partial charge is 0.271 e. The number of hydrogen-bond donors (Lipinski definition) is 0. The number of thioether (sulfide) groups is 1. The summed E-state index contributed by atoms with van der Waals surface area (Å²) in [5.74, 6) is 1.23. The first-order valence-electron chi connectivity index (χ1n) is 5.72. The van der Waals surface area contributed by atoms with Gasteiger partial charge in [-0.15, -0.1) is 0 Å². The van der Waals surface area contributed by atoms with Crippen LogP contribution in [0.1, 0.15) is 33.1 Å². The van der Waals surface area contributed by atoms with E-state index in [9.17, 15) is 4.79 Å². The summed E-state index contributed by atoms with van der Waals surface area (Å²) in [6.07, 6.45) is 3.36. The van der Waals surface area contributed by atoms with E-state index in [1.807, 2.05) is 0 Å². The van der Waals surface area contributed by atoms with Crippen LogP contribution in [0, 0.1) is 11.8 Å². The predicted molar refractivity (Wildman–Crippen MR) is 66.7 cm³/mol. The summed E-state index contributed by atoms with van der Waals surface area (Å²) in [4.78, 5) is 21.7. The first kappa shape index (κ1) is 10.3. The van der Waals surface area contributed by atoms with Gasteiger partial charge in [-0.3, -0.25) is 4.79 Å². The molecule has 0 bridgehead atoms. The fourth-order valence-electron chi connectivity index (χ4n) is 2.59. The highest BCUT2D eigenvalue weighted by molar-refractivity contribution is 8.17. The lowest BCUT2D eigenvalue weighted by molar-refractivity contribution is -0.118. The highest BCUT2D eigenvalue weighted by atomic mass is 32.2. The van der Waals surface area contributed by atoms with Gasteiger partial charge in [0.05, 0.1) is 5.04 Å². The molecule has 0 aromatic carbocycles. The molecule has 0 fully saturated rings. The number of amidine groups is 1. The van der Waals surface area contributed by atoms with Crippen LogP contribution in [0.15, 0.2) is 20.5 Å². The summed E-state index contributed by atoms with van der Waals surface area (Å²) in [5, 5.41) is 0.969. The van der Waals surface area contributed by atoms with Gasteiger partial charge in [-0.1, -0.05) is 18.7 Å². The number of rotatable bonds is 0. The maximum atomic E-state index is 11.9. The van der Waals surface area contributed by atoms with Gasteiger partial charge in [0.1, 0.15) is 11.8 Å². The fourth-order valence-corrected chi connectivity index (χ4v) is 4.10. The highest BCUT2D eigenvalue weighted by Gasteiger charge is 2.40. The van der Waals surface area contributed by atoms with Crippen molar-refractivity contribution < 1.29 is 4.79 Å². The second-order valence-corrected chi connectivity index (χ2v) is 5.89. The van der Waals surface area contributed by atoms with Gasteiger partial charge in [0.15, 0.2) is 0 Å². The van der Waals surface area contributed by atoms with Crippen LogP contribution in [0.5, 0.6) is 0 Å². The third-order valence-corrected chi connectivity index (χ3v) is 4.62. The molecule has 1 aliphatic carbocycles. The Hall–Kier alpha value is -0.900. The first-order valence-corrected chi connectivity index (χ1v) is 6.54. The molecule has 0 N–H and O–H groups in total. The van der Waals surface area contributed by atoms with Crippen molar-refractivity contribution in [2.75, 3.05) is 0 Å². The number of carbonyl (C=O) groups is 1. The van der Waals surface area contributed by atoms with E-state index in [2.05, 4.69) is 16.9 Å². The van der Waals surface area contributed by atoms with Crippen molar-refractivity contribution >= 4 is 28.5 Å². The van der Waals surface area contributed by atoms with Crippen molar-refractivity contribution in [1.82, 2.24) is 0 Å². The van der Waals surface area contributed by atoms with Gasteiger partial charge in [0, 0.05) is 0 Å². The first-order chi connectivity index (χ1) is 7.65. The normalized spacial score (nSPS) is 33.2. The van der Waals surface area contributed by atoms with Crippen LogP contribution >= 0.6 is 11.8 Å². The summed E-state index contributed by atoms with van der Waals surface area (Å²) in [6, 6.07) is 0. The minimum Gasteiger partial charge on any atom is -0.271 e. The van der Waals surface area contributed by atoms with Gasteiger partial charge >= 0.3 is 0 Å². The lowest BCUT2D eigenvalue weighted by Gasteiger charge is -2.21. The molecule has 84 valence electrons. The number of aliphatic imine (C=N–C) groups is 2. The number of carbonyl (C=O) groups excluding carboxylic acids is 1. The Morgan fingerprint density at radius 3 is 3.00 bits per heavy atom. The van der Waals surface area contributed by atoms with Gasteiger partial charge in [-0.25, -0.2) is 4.99 Å². The minimum absolute atomic E-state index is 0.00504. The van der Waals surface area contributed by atoms with Crippen LogP contribution in [-0.2, 0) is 4.79 Å². The van der Waals surface area contributed by atoms with Crippen molar-refractivity contribution in [3.05, 3.63) is 10.5 Å². The molecule has 16 heavy (non-hydrogen) atoms. The minimum atomic E-state index is -0.115. The summed E-state index contributed by atoms with van der Waals surface area (Å²) in [5.41, 5.74) is 1.31. The van der Waals surface area contributed by atoms with Crippen molar-refractivity contribution in [3.8, 4) is 0 Å². The third-order valence-electron chi connectivity index (χ3n) is 3.41. The Morgan fingerprint density at radius 1 is 1.38 bits per heavy atom. The maximum absolute atomic E-state index is 11.9. The van der Waals surface area contributed by atoms with Gasteiger partial charge in [-0.05, 0) is 42.6 Å². The molecule has 0 radical (unpaired) electrons. The summed E-state index contributed by atoms with van der Waals surface area (Å²) in [7, 11) is 0. The Kier molecular flexibility index (Phi) is 2.28. The number of allylic oxidation sites excluding steroid dienone is 1. The molecule has 2 heterocycles. The molecule has 0 saturated heterocycles. The molecule has 2 unspecified atom stereocenters. The van der Waals surface area contributed by atoms with Gasteiger partial charge < -0.3 is 0 Å². The molecule has 2 aliphatic heterocycles. The van der Waals surface area contributed by atoms with E-state index in [0.717, 1.165) is 23.8 Å². The topological polar surface area (TPSA) is 41.8 Å². The quantitative estimate of drug-likeness (QED) is 0.646. The molecule has 4 heteroatoms. The fraction of sp³-hybridized carbons (Fsp3) is 0.583. The SMILES string of the molecule is CC1=NC(=O)C2C(=N1)SC1=C2CCC(C)C1. The van der Waals surface area contributed by atoms with Gasteiger partial charge in [0.2, 0.25) is 0 Å². The van der Waals surface area contributed by atoms with E-state index in [0.29, 0.717) is 5.84 Å². The van der Waals surface area contributed by atoms with Crippen LogP contribution in [-0.4, -0.2) is 16.8 Å². The number of fused-ring (bicyclic) bond motifs is 2. The smallest absolute Gasteiger partial charge is 0.261 e. The molecule has 0 saturated carbocycles. The zero-order valence-electron chi connectivity index (χ0n) is 9.49. The summed E-state index contributed by atoms with van der Waals surface area (Å²) < 4.78 is 0. The third kappa shape index (κ3) is 1.47. The van der Waals surface area contributed by atoms with E-state index >= 15 is 0 Å². The van der Waals surface area contributed by atoms with Gasteiger partial charge in [0.25, 0.3) is 5.91 Å². The van der Waals surface area contributed by atoms with Crippen LogP contribution in [0.2, 0.25) is 0 Å². The highest BCUT2D eigenvalue weighted by Crippen LogP contribution is 2.48. The lowest BCUT2D eigenvalue weighted by atomic mass is 9.84. The number of amides is 1. The molecular weight excluding hydrogens is 220 g/mol. The molecule has 3 aliphatic rings. The molecule has 3 rings (SSSR count). The van der Waals surface area contributed by atoms with E-state index in [1.54, 1.807) is 18.7 Å². The lowest BCUT2D eigenvalue weighted by Crippen LogP contribution is -2.25. The Balaban J connectivity index is 1.99. The van der Waals surface area contributed by atoms with Gasteiger partial charge in [-0.2, -0.15) is 4.99 Å². The van der Waals surface area contributed by atoms with E-state index in [1.165, 1.54) is 16.9 Å². The zero-order valence-corrected chi connectivity index (χ0v) is 10.3. The van der Waals surface area contributed by atoms with Crippen LogP contribution in [0.4, 0.5) is 0 Å². The number of nitrogens with zero attached hydrogens (tertiary/aromatic N) is 2. The monoisotopic (exact) mass is 234 g/mol. The Morgan fingerprint density at radius 2 is 2.19 bits per heavy atom. The molecule has 0 aromatic heterocycles. The zero-order chi connectivity index (χ0) is 11.3. The second kappa shape index (κ2) is 3.55.